The number of benzene rings is 2. The lowest BCUT2D eigenvalue weighted by molar-refractivity contribution is -0.119. The summed E-state index contributed by atoms with van der Waals surface area (Å²) >= 11 is 1.40. The predicted octanol–water partition coefficient (Wildman–Crippen LogP) is 1.74. The lowest BCUT2D eigenvalue weighted by Crippen LogP contribution is -2.21. The van der Waals surface area contributed by atoms with Crippen LogP contribution in [-0.4, -0.2) is 31.9 Å². The molecular formula is C16H13N3O5S2. The fraction of sp³-hybridized carbons (Fsp3) is 0.0625. The Morgan fingerprint density at radius 3 is 2.58 bits per heavy atom. The summed E-state index contributed by atoms with van der Waals surface area (Å²) < 4.78 is 28.2. The Labute approximate surface area is 152 Å². The average molecular weight is 391 g/mol. The molecule has 0 saturated heterocycles. The highest BCUT2D eigenvalue weighted by Crippen LogP contribution is 2.19. The van der Waals surface area contributed by atoms with Gasteiger partial charge in [-0.2, -0.15) is 0 Å². The minimum Gasteiger partial charge on any atom is -0.452 e. The molecule has 8 nitrogen and oxygen atoms in total. The maximum absolute atomic E-state index is 12.0. The van der Waals surface area contributed by atoms with Crippen molar-refractivity contribution in [3.8, 4) is 0 Å². The number of hydrogen-bond acceptors (Lipinski definition) is 7. The molecule has 1 heterocycles. The topological polar surface area (TPSA) is 128 Å². The number of fused-ring (bicyclic) bond motifs is 1. The molecule has 0 atom stereocenters. The molecule has 3 rings (SSSR count). The van der Waals surface area contributed by atoms with E-state index in [4.69, 9.17) is 9.88 Å². The number of carbonyl (C=O) groups is 2. The van der Waals surface area contributed by atoms with Crippen molar-refractivity contribution in [3.05, 3.63) is 53.5 Å². The number of sulfonamides is 1. The smallest absolute Gasteiger partial charge is 0.338 e. The van der Waals surface area contributed by atoms with E-state index < -0.39 is 28.5 Å². The number of carbonyl (C=O) groups excluding carboxylic acids is 2. The summed E-state index contributed by atoms with van der Waals surface area (Å²) in [6.45, 7) is -0.476. The van der Waals surface area contributed by atoms with Crippen molar-refractivity contribution in [3.63, 3.8) is 0 Å². The molecule has 0 aliphatic rings. The summed E-state index contributed by atoms with van der Waals surface area (Å²) in [4.78, 5) is 27.9. The molecule has 10 heteroatoms. The molecule has 0 aliphatic heterocycles. The van der Waals surface area contributed by atoms with Gasteiger partial charge in [-0.25, -0.2) is 23.3 Å². The van der Waals surface area contributed by atoms with Crippen LogP contribution in [0.1, 0.15) is 10.4 Å². The summed E-state index contributed by atoms with van der Waals surface area (Å²) in [5.41, 5.74) is 3.14. The van der Waals surface area contributed by atoms with E-state index in [-0.39, 0.29) is 4.90 Å². The number of nitrogens with one attached hydrogen (secondary N) is 1. The zero-order chi connectivity index (χ0) is 18.7. The third kappa shape index (κ3) is 4.23. The van der Waals surface area contributed by atoms with Crippen LogP contribution in [0, 0.1) is 0 Å². The van der Waals surface area contributed by atoms with Crippen LogP contribution >= 0.6 is 11.3 Å². The van der Waals surface area contributed by atoms with Gasteiger partial charge < -0.3 is 10.1 Å². The maximum Gasteiger partial charge on any atom is 0.338 e. The van der Waals surface area contributed by atoms with Gasteiger partial charge in [-0.3, -0.25) is 4.79 Å². The Morgan fingerprint density at radius 1 is 1.15 bits per heavy atom. The highest BCUT2D eigenvalue weighted by Gasteiger charge is 2.12. The van der Waals surface area contributed by atoms with Crippen molar-refractivity contribution in [2.24, 2.45) is 5.14 Å². The summed E-state index contributed by atoms with van der Waals surface area (Å²) in [6, 6.07) is 10.2. The number of nitrogens with zero attached hydrogens (tertiary/aromatic N) is 1. The van der Waals surface area contributed by atoms with Crippen molar-refractivity contribution < 1.29 is 22.7 Å². The number of thiazole rings is 1. The first kappa shape index (κ1) is 18.0. The maximum atomic E-state index is 12.0. The Kier molecular flexibility index (Phi) is 4.98. The van der Waals surface area contributed by atoms with Crippen molar-refractivity contribution in [2.45, 2.75) is 4.90 Å². The van der Waals surface area contributed by atoms with Gasteiger partial charge in [0.05, 0.1) is 26.2 Å². The SMILES string of the molecule is NS(=O)(=O)c1ccc(NC(=O)COC(=O)c2ccc3ncsc3c2)cc1. The number of rotatable bonds is 5. The molecule has 0 saturated carbocycles. The fourth-order valence-electron chi connectivity index (χ4n) is 2.12. The Morgan fingerprint density at radius 2 is 1.88 bits per heavy atom. The van der Waals surface area contributed by atoms with E-state index in [9.17, 15) is 18.0 Å². The highest BCUT2D eigenvalue weighted by molar-refractivity contribution is 7.89. The van der Waals surface area contributed by atoms with Crippen LogP contribution in [0.4, 0.5) is 5.69 Å². The monoisotopic (exact) mass is 391 g/mol. The fourth-order valence-corrected chi connectivity index (χ4v) is 3.35. The quantitative estimate of drug-likeness (QED) is 0.638. The lowest BCUT2D eigenvalue weighted by Gasteiger charge is -2.07. The molecule has 2 aromatic carbocycles. The van der Waals surface area contributed by atoms with Gasteiger partial charge in [-0.15, -0.1) is 11.3 Å². The van der Waals surface area contributed by atoms with Gasteiger partial charge >= 0.3 is 5.97 Å². The minimum absolute atomic E-state index is 0.0691. The summed E-state index contributed by atoms with van der Waals surface area (Å²) in [5.74, 6) is -1.18. The van der Waals surface area contributed by atoms with Crippen molar-refractivity contribution in [2.75, 3.05) is 11.9 Å². The van der Waals surface area contributed by atoms with E-state index in [0.29, 0.717) is 11.3 Å². The molecule has 0 spiro atoms. The van der Waals surface area contributed by atoms with Crippen molar-refractivity contribution >= 4 is 49.1 Å². The minimum atomic E-state index is -3.80. The van der Waals surface area contributed by atoms with Gasteiger partial charge in [0.15, 0.2) is 6.61 Å². The molecule has 26 heavy (non-hydrogen) atoms. The second-order valence-corrected chi connectivity index (χ2v) is 7.68. The average Bonchev–Trinajstić information content (AvgIpc) is 3.07. The van der Waals surface area contributed by atoms with Gasteiger partial charge in [-0.1, -0.05) is 0 Å². The summed E-state index contributed by atoms with van der Waals surface area (Å²) in [5, 5.41) is 7.49. The number of esters is 1. The van der Waals surface area contributed by atoms with E-state index in [1.165, 1.54) is 35.6 Å². The number of amides is 1. The van der Waals surface area contributed by atoms with E-state index in [1.54, 1.807) is 23.7 Å². The number of nitrogens with two attached hydrogens (primary N) is 1. The Balaban J connectivity index is 1.57. The summed E-state index contributed by atoms with van der Waals surface area (Å²) in [7, 11) is -3.80. The van der Waals surface area contributed by atoms with Crippen LogP contribution in [0.15, 0.2) is 52.9 Å². The second-order valence-electron chi connectivity index (χ2n) is 5.23. The molecule has 3 N–H and O–H groups in total. The third-order valence-electron chi connectivity index (χ3n) is 3.37. The molecule has 0 aliphatic carbocycles. The summed E-state index contributed by atoms with van der Waals surface area (Å²) in [6.07, 6.45) is 0. The standard InChI is InChI=1S/C16H13N3O5S2/c17-26(22,23)12-4-2-11(3-5-12)19-15(20)8-24-16(21)10-1-6-13-14(7-10)25-9-18-13/h1-7,9H,8H2,(H,19,20)(H2,17,22,23). The van der Waals surface area contributed by atoms with Gasteiger partial charge in [0.1, 0.15) is 0 Å². The van der Waals surface area contributed by atoms with Crippen LogP contribution in [0.3, 0.4) is 0 Å². The third-order valence-corrected chi connectivity index (χ3v) is 5.09. The first-order chi connectivity index (χ1) is 12.3. The van der Waals surface area contributed by atoms with Gasteiger partial charge in [0.25, 0.3) is 5.91 Å². The lowest BCUT2D eigenvalue weighted by atomic mass is 10.2. The molecular weight excluding hydrogens is 378 g/mol. The van der Waals surface area contributed by atoms with E-state index in [0.717, 1.165) is 10.2 Å². The molecule has 1 aromatic heterocycles. The van der Waals surface area contributed by atoms with E-state index in [2.05, 4.69) is 10.3 Å². The molecule has 0 fully saturated rings. The number of primary sulfonamides is 1. The van der Waals surface area contributed by atoms with Gasteiger partial charge in [0, 0.05) is 5.69 Å². The first-order valence-corrected chi connectivity index (χ1v) is 9.68. The molecule has 0 bridgehead atoms. The largest absolute Gasteiger partial charge is 0.452 e. The van der Waals surface area contributed by atoms with Crippen LogP contribution in [0.25, 0.3) is 10.2 Å². The Bertz CT molecular complexity index is 1070. The second kappa shape index (κ2) is 7.20. The van der Waals surface area contributed by atoms with Crippen LogP contribution in [-0.2, 0) is 19.6 Å². The van der Waals surface area contributed by atoms with Crippen LogP contribution in [0.2, 0.25) is 0 Å². The molecule has 0 radical (unpaired) electrons. The highest BCUT2D eigenvalue weighted by atomic mass is 32.2. The molecule has 3 aromatic rings. The zero-order valence-corrected chi connectivity index (χ0v) is 14.8. The predicted molar refractivity (Wildman–Crippen MR) is 96.3 cm³/mol. The van der Waals surface area contributed by atoms with E-state index in [1.807, 2.05) is 0 Å². The normalized spacial score (nSPS) is 11.3. The Hall–Kier alpha value is -2.82. The number of anilines is 1. The van der Waals surface area contributed by atoms with Crippen molar-refractivity contribution in [1.82, 2.24) is 4.98 Å². The van der Waals surface area contributed by atoms with E-state index >= 15 is 0 Å². The van der Waals surface area contributed by atoms with Gasteiger partial charge in [-0.05, 0) is 42.5 Å². The number of aromatic nitrogens is 1. The molecule has 0 unspecified atom stereocenters. The first-order valence-electron chi connectivity index (χ1n) is 7.26. The number of ether oxygens (including phenoxy) is 1. The van der Waals surface area contributed by atoms with Crippen LogP contribution < -0.4 is 10.5 Å². The van der Waals surface area contributed by atoms with Crippen LogP contribution in [0.5, 0.6) is 0 Å². The zero-order valence-electron chi connectivity index (χ0n) is 13.2. The molecule has 1 amide bonds. The molecule has 134 valence electrons. The number of hydrogen-bond donors (Lipinski definition) is 2. The van der Waals surface area contributed by atoms with Crippen molar-refractivity contribution in [1.29, 1.82) is 0 Å². The van der Waals surface area contributed by atoms with Gasteiger partial charge in [0.2, 0.25) is 10.0 Å².